The summed E-state index contributed by atoms with van der Waals surface area (Å²) >= 11 is 0. The van der Waals surface area contributed by atoms with Crippen molar-refractivity contribution in [3.05, 3.63) is 18.2 Å². The summed E-state index contributed by atoms with van der Waals surface area (Å²) in [6.45, 7) is 13.0. The van der Waals surface area contributed by atoms with Gasteiger partial charge in [0.1, 0.15) is 18.0 Å². The molecule has 0 saturated carbocycles. The number of benzene rings is 1. The van der Waals surface area contributed by atoms with Gasteiger partial charge in [-0.15, -0.1) is 0 Å². The molecular weight excluding hydrogens is 294 g/mol. The molecule has 1 rings (SSSR count). The lowest BCUT2D eigenvalue weighted by Gasteiger charge is -2.20. The molecule has 0 radical (unpaired) electrons. The molecule has 6 heteroatoms. The Labute approximate surface area is 138 Å². The van der Waals surface area contributed by atoms with Gasteiger partial charge in [0, 0.05) is 18.3 Å². The largest absolute Gasteiger partial charge is 0.490 e. The number of carbonyl (C=O) groups is 1. The highest BCUT2D eigenvalue weighted by Gasteiger charge is 2.16. The van der Waals surface area contributed by atoms with Crippen molar-refractivity contribution in [1.82, 2.24) is 4.90 Å². The molecule has 1 aromatic rings. The molecule has 0 atom stereocenters. The van der Waals surface area contributed by atoms with Gasteiger partial charge in [0.15, 0.2) is 0 Å². The molecule has 0 aromatic heterocycles. The van der Waals surface area contributed by atoms with E-state index in [0.717, 1.165) is 19.6 Å². The van der Waals surface area contributed by atoms with Gasteiger partial charge in [0.2, 0.25) is 0 Å². The molecule has 130 valence electrons. The zero-order valence-corrected chi connectivity index (χ0v) is 14.8. The number of ether oxygens (including phenoxy) is 2. The minimum Gasteiger partial charge on any atom is -0.490 e. The zero-order chi connectivity index (χ0) is 17.5. The van der Waals surface area contributed by atoms with Crippen LogP contribution in [0.25, 0.3) is 0 Å². The maximum atomic E-state index is 11.8. The number of carbonyl (C=O) groups excluding carboxylic acids is 1. The summed E-state index contributed by atoms with van der Waals surface area (Å²) in [6, 6.07) is 5.14. The van der Waals surface area contributed by atoms with Crippen molar-refractivity contribution in [2.24, 2.45) is 0 Å². The van der Waals surface area contributed by atoms with Gasteiger partial charge in [-0.1, -0.05) is 13.8 Å². The summed E-state index contributed by atoms with van der Waals surface area (Å²) in [4.78, 5) is 14.1. The first-order valence-electron chi connectivity index (χ1n) is 7.99. The molecule has 0 heterocycles. The topological polar surface area (TPSA) is 76.8 Å². The SMILES string of the molecule is CCN(CC)CCOc1cc(NC(=O)OC(C)(C)C)ccc1N. The van der Waals surface area contributed by atoms with E-state index in [4.69, 9.17) is 15.2 Å². The molecule has 0 aliphatic heterocycles. The van der Waals surface area contributed by atoms with E-state index in [1.54, 1.807) is 18.2 Å². The van der Waals surface area contributed by atoms with Crippen molar-refractivity contribution in [2.45, 2.75) is 40.2 Å². The van der Waals surface area contributed by atoms with Crippen LogP contribution in [0.3, 0.4) is 0 Å². The molecule has 6 nitrogen and oxygen atoms in total. The van der Waals surface area contributed by atoms with Crippen LogP contribution in [0.1, 0.15) is 34.6 Å². The van der Waals surface area contributed by atoms with Crippen LogP contribution in [-0.4, -0.2) is 42.8 Å². The number of nitrogen functional groups attached to an aromatic ring is 1. The number of hydrogen-bond donors (Lipinski definition) is 2. The number of nitrogens with zero attached hydrogens (tertiary/aromatic N) is 1. The Morgan fingerprint density at radius 1 is 1.26 bits per heavy atom. The van der Waals surface area contributed by atoms with Gasteiger partial charge >= 0.3 is 6.09 Å². The Balaban J connectivity index is 2.63. The molecule has 3 N–H and O–H groups in total. The summed E-state index contributed by atoms with van der Waals surface area (Å²) in [5.41, 5.74) is 6.51. The third-order valence-corrected chi connectivity index (χ3v) is 3.22. The molecule has 1 aromatic carbocycles. The standard InChI is InChI=1S/C17H29N3O3/c1-6-20(7-2)10-11-22-15-12-13(8-9-14(15)18)19-16(21)23-17(3,4)5/h8-9,12H,6-7,10-11,18H2,1-5H3,(H,19,21). The number of anilines is 2. The highest BCUT2D eigenvalue weighted by atomic mass is 16.6. The third kappa shape index (κ3) is 7.23. The summed E-state index contributed by atoms with van der Waals surface area (Å²) < 4.78 is 11.0. The fourth-order valence-corrected chi connectivity index (χ4v) is 1.98. The van der Waals surface area contributed by atoms with E-state index in [-0.39, 0.29) is 0 Å². The minimum absolute atomic E-state index is 0.503. The van der Waals surface area contributed by atoms with E-state index in [9.17, 15) is 4.79 Å². The molecular formula is C17H29N3O3. The molecule has 0 aliphatic rings. The molecule has 0 fully saturated rings. The second kappa shape index (κ2) is 8.62. The average molecular weight is 323 g/mol. The lowest BCUT2D eigenvalue weighted by Crippen LogP contribution is -2.28. The van der Waals surface area contributed by atoms with E-state index in [1.165, 1.54) is 0 Å². The van der Waals surface area contributed by atoms with Gasteiger partial charge in [-0.3, -0.25) is 5.32 Å². The molecule has 0 aliphatic carbocycles. The molecule has 0 unspecified atom stereocenters. The Bertz CT molecular complexity index is 508. The predicted octanol–water partition coefficient (Wildman–Crippen LogP) is 3.34. The maximum Gasteiger partial charge on any atom is 0.412 e. The van der Waals surface area contributed by atoms with Crippen LogP contribution in [0, 0.1) is 0 Å². The van der Waals surface area contributed by atoms with Crippen molar-refractivity contribution in [3.8, 4) is 5.75 Å². The van der Waals surface area contributed by atoms with Gasteiger partial charge in [-0.25, -0.2) is 4.79 Å². The van der Waals surface area contributed by atoms with Crippen molar-refractivity contribution < 1.29 is 14.3 Å². The van der Waals surface area contributed by atoms with Gasteiger partial charge < -0.3 is 20.1 Å². The average Bonchev–Trinajstić information content (AvgIpc) is 2.44. The summed E-state index contributed by atoms with van der Waals surface area (Å²) in [5.74, 6) is 0.561. The van der Waals surface area contributed by atoms with Crippen LogP contribution in [0.15, 0.2) is 18.2 Å². The summed E-state index contributed by atoms with van der Waals surface area (Å²) in [6.07, 6.45) is -0.503. The van der Waals surface area contributed by atoms with E-state index >= 15 is 0 Å². The van der Waals surface area contributed by atoms with Crippen LogP contribution in [0.4, 0.5) is 16.2 Å². The number of hydrogen-bond acceptors (Lipinski definition) is 5. The van der Waals surface area contributed by atoms with Crippen molar-refractivity contribution in [1.29, 1.82) is 0 Å². The van der Waals surface area contributed by atoms with E-state index < -0.39 is 11.7 Å². The first-order chi connectivity index (χ1) is 10.7. The Morgan fingerprint density at radius 2 is 1.91 bits per heavy atom. The molecule has 0 spiro atoms. The third-order valence-electron chi connectivity index (χ3n) is 3.22. The van der Waals surface area contributed by atoms with Crippen molar-refractivity contribution in [2.75, 3.05) is 37.3 Å². The molecule has 1 amide bonds. The molecule has 23 heavy (non-hydrogen) atoms. The number of nitrogens with two attached hydrogens (primary N) is 1. The van der Waals surface area contributed by atoms with Crippen molar-refractivity contribution in [3.63, 3.8) is 0 Å². The summed E-state index contributed by atoms with van der Waals surface area (Å²) in [5, 5.41) is 2.68. The van der Waals surface area contributed by atoms with Crippen LogP contribution in [-0.2, 0) is 4.74 Å². The van der Waals surface area contributed by atoms with Crippen molar-refractivity contribution >= 4 is 17.5 Å². The molecule has 0 saturated heterocycles. The van der Waals surface area contributed by atoms with Gasteiger partial charge in [-0.2, -0.15) is 0 Å². The molecule has 0 bridgehead atoms. The number of likely N-dealkylation sites (N-methyl/N-ethyl adjacent to an activating group) is 1. The lowest BCUT2D eigenvalue weighted by atomic mass is 10.2. The first-order valence-corrected chi connectivity index (χ1v) is 7.99. The second-order valence-electron chi connectivity index (χ2n) is 6.25. The van der Waals surface area contributed by atoms with Gasteiger partial charge in [0.05, 0.1) is 5.69 Å². The second-order valence-corrected chi connectivity index (χ2v) is 6.25. The summed E-state index contributed by atoms with van der Waals surface area (Å²) in [7, 11) is 0. The maximum absolute atomic E-state index is 11.8. The fraction of sp³-hybridized carbons (Fsp3) is 0.588. The van der Waals surface area contributed by atoms with Crippen LogP contribution in [0.5, 0.6) is 5.75 Å². The quantitative estimate of drug-likeness (QED) is 0.753. The van der Waals surface area contributed by atoms with Crippen LogP contribution in [0.2, 0.25) is 0 Å². The number of rotatable bonds is 7. The highest BCUT2D eigenvalue weighted by molar-refractivity contribution is 5.85. The van der Waals surface area contributed by atoms with Gasteiger partial charge in [-0.05, 0) is 46.0 Å². The normalized spacial score (nSPS) is 11.4. The Kier molecular flexibility index (Phi) is 7.16. The smallest absolute Gasteiger partial charge is 0.412 e. The Hall–Kier alpha value is -1.95. The Morgan fingerprint density at radius 3 is 2.48 bits per heavy atom. The van der Waals surface area contributed by atoms with Gasteiger partial charge in [0.25, 0.3) is 0 Å². The van der Waals surface area contributed by atoms with E-state index in [0.29, 0.717) is 23.7 Å². The lowest BCUT2D eigenvalue weighted by molar-refractivity contribution is 0.0636. The first kappa shape index (κ1) is 19.1. The van der Waals surface area contributed by atoms with E-state index in [2.05, 4.69) is 24.1 Å². The van der Waals surface area contributed by atoms with E-state index in [1.807, 2.05) is 20.8 Å². The number of amides is 1. The minimum atomic E-state index is -0.541. The predicted molar refractivity (Wildman–Crippen MR) is 94.0 cm³/mol. The van der Waals surface area contributed by atoms with Crippen LogP contribution >= 0.6 is 0 Å². The number of nitrogens with one attached hydrogen (secondary N) is 1. The monoisotopic (exact) mass is 323 g/mol. The fourth-order valence-electron chi connectivity index (χ4n) is 1.98. The van der Waals surface area contributed by atoms with Crippen LogP contribution < -0.4 is 15.8 Å². The zero-order valence-electron chi connectivity index (χ0n) is 14.8. The highest BCUT2D eigenvalue weighted by Crippen LogP contribution is 2.26.